The Bertz CT molecular complexity index is 720. The maximum atomic E-state index is 13.7. The van der Waals surface area contributed by atoms with E-state index in [4.69, 9.17) is 15.9 Å². The van der Waals surface area contributed by atoms with Crippen molar-refractivity contribution in [3.05, 3.63) is 11.1 Å². The second kappa shape index (κ2) is 7.36. The normalized spacial score (nSPS) is 45.9. The zero-order valence-corrected chi connectivity index (χ0v) is 18.5. The van der Waals surface area contributed by atoms with Crippen LogP contribution in [0.3, 0.4) is 0 Å². The fourth-order valence-electron chi connectivity index (χ4n) is 7.97. The molecule has 7 atom stereocenters. The molecule has 0 aromatic heterocycles. The van der Waals surface area contributed by atoms with Gasteiger partial charge in [0.25, 0.3) is 0 Å². The molecule has 0 amide bonds. The van der Waals surface area contributed by atoms with E-state index in [0.717, 1.165) is 38.5 Å². The Morgan fingerprint density at radius 1 is 1.28 bits per heavy atom. The largest absolute Gasteiger partial charge is 0.377 e. The van der Waals surface area contributed by atoms with Crippen molar-refractivity contribution in [2.45, 2.75) is 76.6 Å². The molecule has 0 aliphatic heterocycles. The van der Waals surface area contributed by atoms with Crippen LogP contribution in [-0.2, 0) is 9.47 Å². The van der Waals surface area contributed by atoms with Gasteiger partial charge in [-0.2, -0.15) is 0 Å². The summed E-state index contributed by atoms with van der Waals surface area (Å²) in [6, 6.07) is 0. The molecule has 3 nitrogen and oxygen atoms in total. The first-order valence-corrected chi connectivity index (χ1v) is 11.4. The van der Waals surface area contributed by atoms with Crippen molar-refractivity contribution in [1.82, 2.24) is 0 Å². The van der Waals surface area contributed by atoms with Gasteiger partial charge in [-0.3, -0.25) is 4.39 Å². The molecule has 4 aliphatic carbocycles. The van der Waals surface area contributed by atoms with E-state index in [2.05, 4.69) is 19.8 Å². The Hall–Kier alpha value is -0.890. The molecule has 29 heavy (non-hydrogen) atoms. The van der Waals surface area contributed by atoms with Gasteiger partial charge in [-0.25, -0.2) is 0 Å². The Labute approximate surface area is 175 Å². The number of alkyl halides is 1. The van der Waals surface area contributed by atoms with Crippen molar-refractivity contribution >= 4 is 0 Å². The standard InChI is InChI=1S/C25H37FO3/c1-6-24(27)10-8-20-21-16(2)13-18-15-25(28-4,29-5)11-7-19(18)22(21)17(9-12-26)14-23(20,24)3/h1,16-17,20-22,27H,7-15H2,2-5H3/t16-,17+,20?,21?,22?,23+,24+/m1/s1. The molecule has 0 bridgehead atoms. The van der Waals surface area contributed by atoms with E-state index in [1.54, 1.807) is 19.8 Å². The van der Waals surface area contributed by atoms with Crippen molar-refractivity contribution < 1.29 is 19.0 Å². The number of aliphatic hydroxyl groups is 1. The predicted octanol–water partition coefficient (Wildman–Crippen LogP) is 4.89. The summed E-state index contributed by atoms with van der Waals surface area (Å²) >= 11 is 0. The molecule has 4 rings (SSSR count). The predicted molar refractivity (Wildman–Crippen MR) is 112 cm³/mol. The number of hydrogen-bond donors (Lipinski definition) is 1. The van der Waals surface area contributed by atoms with Gasteiger partial charge in [0.15, 0.2) is 5.79 Å². The highest BCUT2D eigenvalue weighted by atomic mass is 19.1. The molecule has 0 heterocycles. The minimum atomic E-state index is -1.06. The van der Waals surface area contributed by atoms with Crippen LogP contribution in [0.1, 0.15) is 65.2 Å². The molecule has 0 aromatic rings. The highest BCUT2D eigenvalue weighted by molar-refractivity contribution is 5.32. The summed E-state index contributed by atoms with van der Waals surface area (Å²) in [5.41, 5.74) is 1.66. The summed E-state index contributed by atoms with van der Waals surface area (Å²) in [6.07, 6.45) is 12.6. The van der Waals surface area contributed by atoms with Crippen LogP contribution in [0.4, 0.5) is 4.39 Å². The van der Waals surface area contributed by atoms with Gasteiger partial charge >= 0.3 is 0 Å². The fourth-order valence-corrected chi connectivity index (χ4v) is 7.97. The van der Waals surface area contributed by atoms with E-state index < -0.39 is 11.4 Å². The monoisotopic (exact) mass is 404 g/mol. The van der Waals surface area contributed by atoms with E-state index in [0.29, 0.717) is 36.5 Å². The molecule has 3 unspecified atom stereocenters. The average Bonchev–Trinajstić information content (AvgIpc) is 2.98. The molecule has 1 N–H and O–H groups in total. The first-order chi connectivity index (χ1) is 13.8. The minimum Gasteiger partial charge on any atom is -0.377 e. The van der Waals surface area contributed by atoms with Gasteiger partial charge in [-0.15, -0.1) is 6.42 Å². The Morgan fingerprint density at radius 2 is 2.00 bits per heavy atom. The molecule has 4 aliphatic rings. The van der Waals surface area contributed by atoms with Gasteiger partial charge in [0.1, 0.15) is 5.60 Å². The topological polar surface area (TPSA) is 38.7 Å². The lowest BCUT2D eigenvalue weighted by Gasteiger charge is -2.58. The second-order valence-corrected chi connectivity index (χ2v) is 10.4. The van der Waals surface area contributed by atoms with E-state index in [-0.39, 0.29) is 18.0 Å². The second-order valence-electron chi connectivity index (χ2n) is 10.4. The van der Waals surface area contributed by atoms with Crippen molar-refractivity contribution in [3.8, 4) is 12.3 Å². The number of allylic oxidation sites excluding steroid dienone is 1. The molecular formula is C25H37FO3. The number of rotatable bonds is 4. The fraction of sp³-hybridized carbons (Fsp3) is 0.840. The van der Waals surface area contributed by atoms with E-state index >= 15 is 0 Å². The third-order valence-electron chi connectivity index (χ3n) is 9.46. The SMILES string of the molecule is C#C[C@]1(O)CCC2C3C(C4=C(C[C@H]3C)CC(OC)(OC)CC4)[C@@H](CCF)C[C@@]21C. The lowest BCUT2D eigenvalue weighted by molar-refractivity contribution is -0.214. The quantitative estimate of drug-likeness (QED) is 0.412. The molecule has 0 aromatic carbocycles. The zero-order chi connectivity index (χ0) is 21.0. The summed E-state index contributed by atoms with van der Waals surface area (Å²) in [7, 11) is 3.47. The summed E-state index contributed by atoms with van der Waals surface area (Å²) in [5, 5.41) is 11.3. The average molecular weight is 405 g/mol. The van der Waals surface area contributed by atoms with Gasteiger partial charge in [0.2, 0.25) is 0 Å². The molecule has 2 saturated carbocycles. The van der Waals surface area contributed by atoms with Crippen molar-refractivity contribution in [1.29, 1.82) is 0 Å². The highest BCUT2D eigenvalue weighted by Gasteiger charge is 2.64. The molecular weight excluding hydrogens is 367 g/mol. The number of halogens is 1. The lowest BCUT2D eigenvalue weighted by Crippen LogP contribution is -2.56. The Morgan fingerprint density at radius 3 is 2.62 bits per heavy atom. The van der Waals surface area contributed by atoms with Gasteiger partial charge in [0.05, 0.1) is 6.67 Å². The summed E-state index contributed by atoms with van der Waals surface area (Å²) in [6.45, 7) is 4.23. The summed E-state index contributed by atoms with van der Waals surface area (Å²) in [5.74, 6) is 4.27. The molecule has 4 heteroatoms. The number of methoxy groups -OCH3 is 2. The van der Waals surface area contributed by atoms with Gasteiger partial charge in [-0.05, 0) is 68.1 Å². The summed E-state index contributed by atoms with van der Waals surface area (Å²) < 4.78 is 25.2. The molecule has 0 radical (unpaired) electrons. The van der Waals surface area contributed by atoms with Gasteiger partial charge in [-0.1, -0.05) is 30.9 Å². The van der Waals surface area contributed by atoms with Crippen LogP contribution in [0.5, 0.6) is 0 Å². The molecule has 0 saturated heterocycles. The minimum absolute atomic E-state index is 0.245. The van der Waals surface area contributed by atoms with Crippen molar-refractivity contribution in [2.24, 2.45) is 35.0 Å². The van der Waals surface area contributed by atoms with Crippen LogP contribution in [0, 0.1) is 47.3 Å². The molecule has 2 fully saturated rings. The van der Waals surface area contributed by atoms with Gasteiger partial charge < -0.3 is 14.6 Å². The van der Waals surface area contributed by atoms with Crippen LogP contribution in [-0.4, -0.2) is 37.4 Å². The first-order valence-electron chi connectivity index (χ1n) is 11.4. The van der Waals surface area contributed by atoms with E-state index in [1.165, 1.54) is 5.57 Å². The maximum absolute atomic E-state index is 13.7. The summed E-state index contributed by atoms with van der Waals surface area (Å²) in [4.78, 5) is 0. The van der Waals surface area contributed by atoms with E-state index in [9.17, 15) is 9.50 Å². The first kappa shape index (κ1) is 21.3. The lowest BCUT2D eigenvalue weighted by atomic mass is 9.47. The van der Waals surface area contributed by atoms with Crippen LogP contribution in [0.2, 0.25) is 0 Å². The zero-order valence-electron chi connectivity index (χ0n) is 18.5. The third kappa shape index (κ3) is 2.95. The van der Waals surface area contributed by atoms with Crippen molar-refractivity contribution in [3.63, 3.8) is 0 Å². The van der Waals surface area contributed by atoms with E-state index in [1.807, 2.05) is 0 Å². The number of ether oxygens (including phenoxy) is 2. The van der Waals surface area contributed by atoms with Crippen LogP contribution in [0.15, 0.2) is 11.1 Å². The number of terminal acetylenes is 1. The van der Waals surface area contributed by atoms with Crippen molar-refractivity contribution in [2.75, 3.05) is 20.9 Å². The van der Waals surface area contributed by atoms with Gasteiger partial charge in [0, 0.05) is 32.5 Å². The maximum Gasteiger partial charge on any atom is 0.171 e. The molecule has 162 valence electrons. The van der Waals surface area contributed by atoms with Crippen LogP contribution in [0.25, 0.3) is 0 Å². The molecule has 0 spiro atoms. The third-order valence-corrected chi connectivity index (χ3v) is 9.46. The smallest absolute Gasteiger partial charge is 0.171 e. The van der Waals surface area contributed by atoms with Crippen LogP contribution >= 0.6 is 0 Å². The highest BCUT2D eigenvalue weighted by Crippen LogP contribution is 2.67. The Kier molecular flexibility index (Phi) is 5.42. The number of fused-ring (bicyclic) bond motifs is 4. The van der Waals surface area contributed by atoms with Crippen LogP contribution < -0.4 is 0 Å². The Balaban J connectivity index is 1.76. The number of hydrogen-bond acceptors (Lipinski definition) is 3.